The predicted molar refractivity (Wildman–Crippen MR) is 127 cm³/mol. The Hall–Kier alpha value is -2.50. The number of H-pyrrole nitrogens is 1. The van der Waals surface area contributed by atoms with Gasteiger partial charge in [-0.25, -0.2) is 9.59 Å². The van der Waals surface area contributed by atoms with E-state index in [1.165, 1.54) is 23.0 Å². The minimum Gasteiger partial charge on any atom is -0.870 e. The molecule has 0 spiro atoms. The predicted octanol–water partition coefficient (Wildman–Crippen LogP) is 0.232. The first-order chi connectivity index (χ1) is 15.2. The van der Waals surface area contributed by atoms with Crippen LogP contribution in [0.5, 0.6) is 0 Å². The molecule has 174 valence electrons. The second-order valence-electron chi connectivity index (χ2n) is 8.26. The van der Waals surface area contributed by atoms with E-state index in [1.807, 2.05) is 51.1 Å². The largest absolute Gasteiger partial charge is 1.00 e. The molecule has 0 aliphatic carbocycles. The summed E-state index contributed by atoms with van der Waals surface area (Å²) < 4.78 is 2.51. The van der Waals surface area contributed by atoms with Crippen LogP contribution < -0.4 is 40.8 Å². The Morgan fingerprint density at radius 1 is 1.21 bits per heavy atom. The van der Waals surface area contributed by atoms with E-state index < -0.39 is 17.2 Å². The van der Waals surface area contributed by atoms with Crippen molar-refractivity contribution in [2.75, 3.05) is 0 Å². The third-order valence-corrected chi connectivity index (χ3v) is 6.68. The first kappa shape index (κ1) is 27.7. The number of rotatable bonds is 6. The summed E-state index contributed by atoms with van der Waals surface area (Å²) in [6.07, 6.45) is 0.284. The van der Waals surface area contributed by atoms with Crippen molar-refractivity contribution in [3.8, 4) is 11.3 Å². The maximum atomic E-state index is 13.0. The van der Waals surface area contributed by atoms with Gasteiger partial charge in [0.05, 0.1) is 16.6 Å². The molecule has 0 fully saturated rings. The Morgan fingerprint density at radius 2 is 1.85 bits per heavy atom. The molecule has 34 heavy (non-hydrogen) atoms. The molecule has 0 aliphatic rings. The average molecular weight is 493 g/mol. The van der Waals surface area contributed by atoms with Gasteiger partial charge in [0.15, 0.2) is 0 Å². The van der Waals surface area contributed by atoms with Crippen LogP contribution in [0.15, 0.2) is 39.9 Å². The number of carbonyl (C=O) groups is 1. The molecule has 0 bridgehead atoms. The number of nitrogens with zero attached hydrogens (tertiary/aromatic N) is 3. The van der Waals surface area contributed by atoms with Crippen molar-refractivity contribution in [3.05, 3.63) is 72.9 Å². The summed E-state index contributed by atoms with van der Waals surface area (Å²) in [6, 6.07) is 9.64. The van der Waals surface area contributed by atoms with Gasteiger partial charge in [-0.3, -0.25) is 19.0 Å². The second kappa shape index (κ2) is 10.8. The first-order valence-corrected chi connectivity index (χ1v) is 11.1. The molecule has 1 aromatic carbocycles. The number of aromatic amines is 1. The number of fused-ring (bicyclic) bond motifs is 1. The van der Waals surface area contributed by atoms with E-state index in [1.54, 1.807) is 0 Å². The van der Waals surface area contributed by atoms with Crippen LogP contribution >= 0.6 is 11.3 Å². The molecular formula is C23H25N4NaO5S. The molecule has 11 heteroatoms. The van der Waals surface area contributed by atoms with Gasteiger partial charge >= 0.3 is 41.2 Å². The van der Waals surface area contributed by atoms with Gasteiger partial charge in [0.2, 0.25) is 0 Å². The standard InChI is InChI=1S/C23H24N4O4S.Na.H2O/c1-12(2)11-27-21-18(20(28)26(4)23(27)31)17(22(29)30)16(32-21)10-15-13(3)24-25-19(15)14-8-6-5-7-9-14;;/h5-9,12H,10-11H2,1-4H3,(H,24,25)(H,29,30);;1H2/q;+1;/p-1. The molecule has 0 amide bonds. The van der Waals surface area contributed by atoms with Crippen molar-refractivity contribution < 1.29 is 44.9 Å². The zero-order chi connectivity index (χ0) is 23.2. The maximum Gasteiger partial charge on any atom is 1.00 e. The van der Waals surface area contributed by atoms with Crippen LogP contribution in [0.1, 0.15) is 40.3 Å². The fourth-order valence-corrected chi connectivity index (χ4v) is 5.21. The van der Waals surface area contributed by atoms with Crippen LogP contribution in [0, 0.1) is 12.8 Å². The third kappa shape index (κ3) is 4.82. The molecule has 4 aromatic rings. The fraction of sp³-hybridized carbons (Fsp3) is 0.304. The van der Waals surface area contributed by atoms with Crippen molar-refractivity contribution >= 4 is 27.5 Å². The fourth-order valence-electron chi connectivity index (χ4n) is 3.92. The quantitative estimate of drug-likeness (QED) is 0.370. The average Bonchev–Trinajstić information content (AvgIpc) is 3.31. The van der Waals surface area contributed by atoms with E-state index in [0.29, 0.717) is 16.3 Å². The molecule has 0 saturated carbocycles. The minimum atomic E-state index is -1.18. The number of thiophene rings is 1. The minimum absolute atomic E-state index is 0. The third-order valence-electron chi connectivity index (χ3n) is 5.46. The van der Waals surface area contributed by atoms with E-state index in [9.17, 15) is 19.5 Å². The van der Waals surface area contributed by atoms with Crippen LogP contribution in [0.3, 0.4) is 0 Å². The van der Waals surface area contributed by atoms with Gasteiger partial charge in [-0.1, -0.05) is 44.2 Å². The Morgan fingerprint density at radius 3 is 2.44 bits per heavy atom. The molecular weight excluding hydrogens is 467 g/mol. The van der Waals surface area contributed by atoms with Crippen molar-refractivity contribution in [1.29, 1.82) is 0 Å². The molecule has 0 radical (unpaired) electrons. The zero-order valence-electron chi connectivity index (χ0n) is 19.7. The summed E-state index contributed by atoms with van der Waals surface area (Å²) in [7, 11) is 1.39. The van der Waals surface area contributed by atoms with Crippen LogP contribution in [0.25, 0.3) is 21.5 Å². The molecule has 0 saturated heterocycles. The number of hydrogen-bond donors (Lipinski definition) is 2. The van der Waals surface area contributed by atoms with Gasteiger partial charge < -0.3 is 10.6 Å². The van der Waals surface area contributed by atoms with E-state index in [2.05, 4.69) is 10.2 Å². The summed E-state index contributed by atoms with van der Waals surface area (Å²) in [6.45, 7) is 6.21. The van der Waals surface area contributed by atoms with Gasteiger partial charge in [-0.2, -0.15) is 5.10 Å². The van der Waals surface area contributed by atoms with E-state index in [-0.39, 0.29) is 58.3 Å². The van der Waals surface area contributed by atoms with Crippen LogP contribution in [-0.4, -0.2) is 35.9 Å². The van der Waals surface area contributed by atoms with Gasteiger partial charge in [-0.05, 0) is 12.8 Å². The SMILES string of the molecule is Cc1[nH]nc(-c2ccccc2)c1Cc1sc2c(c1C(=O)O)c(=O)n(C)c(=O)n2CC(C)C.[Na+].[OH-]. The maximum absolute atomic E-state index is 13.0. The number of aromatic nitrogens is 4. The topological polar surface area (TPSA) is 140 Å². The van der Waals surface area contributed by atoms with E-state index in [4.69, 9.17) is 0 Å². The molecule has 3 heterocycles. The number of carboxylic acid groups (broad SMARTS) is 1. The van der Waals surface area contributed by atoms with E-state index >= 15 is 0 Å². The molecule has 0 atom stereocenters. The molecule has 3 aromatic heterocycles. The van der Waals surface area contributed by atoms with Crippen LogP contribution in [-0.2, 0) is 20.0 Å². The summed E-state index contributed by atoms with van der Waals surface area (Å²) in [5.74, 6) is -1.03. The monoisotopic (exact) mass is 492 g/mol. The number of aromatic carboxylic acids is 1. The smallest absolute Gasteiger partial charge is 0.870 e. The Bertz CT molecular complexity index is 1450. The van der Waals surface area contributed by atoms with Gasteiger partial charge in [0.25, 0.3) is 5.56 Å². The summed E-state index contributed by atoms with van der Waals surface area (Å²) in [5, 5.41) is 17.5. The van der Waals surface area contributed by atoms with Gasteiger partial charge in [0.1, 0.15) is 4.83 Å². The Balaban J connectivity index is 0.00000204. The summed E-state index contributed by atoms with van der Waals surface area (Å²) in [4.78, 5) is 39.0. The Labute approximate surface area is 221 Å². The van der Waals surface area contributed by atoms with Crippen molar-refractivity contribution in [3.63, 3.8) is 0 Å². The molecule has 3 N–H and O–H groups in total. The summed E-state index contributed by atoms with van der Waals surface area (Å²) >= 11 is 1.20. The number of hydrogen-bond acceptors (Lipinski definition) is 6. The number of carboxylic acids is 1. The molecule has 0 aliphatic heterocycles. The first-order valence-electron chi connectivity index (χ1n) is 10.3. The number of nitrogens with one attached hydrogen (secondary N) is 1. The van der Waals surface area contributed by atoms with E-state index in [0.717, 1.165) is 27.1 Å². The molecule has 4 rings (SSSR count). The summed E-state index contributed by atoms with van der Waals surface area (Å²) in [5.41, 5.74) is 2.28. The second-order valence-corrected chi connectivity index (χ2v) is 9.34. The normalized spacial score (nSPS) is 10.9. The van der Waals surface area contributed by atoms with Gasteiger partial charge in [-0.15, -0.1) is 11.3 Å². The van der Waals surface area contributed by atoms with Crippen molar-refractivity contribution in [2.24, 2.45) is 13.0 Å². The van der Waals surface area contributed by atoms with Crippen molar-refractivity contribution in [2.45, 2.75) is 33.7 Å². The van der Waals surface area contributed by atoms with Gasteiger partial charge in [0, 0.05) is 41.7 Å². The Kier molecular flexibility index (Phi) is 8.84. The zero-order valence-corrected chi connectivity index (χ0v) is 22.6. The molecule has 9 nitrogen and oxygen atoms in total. The van der Waals surface area contributed by atoms with Crippen LogP contribution in [0.4, 0.5) is 0 Å². The van der Waals surface area contributed by atoms with Crippen LogP contribution in [0.2, 0.25) is 0 Å². The molecule has 0 unspecified atom stereocenters. The number of aryl methyl sites for hydroxylation is 1. The van der Waals surface area contributed by atoms with Crippen molar-refractivity contribution in [1.82, 2.24) is 19.3 Å². The number of benzene rings is 1.